The standard InChI is InChI=1S/C9H17FN4/c1-2-5-14-9(12-7-13-14)6-8(10)3-4-11/h7-8H,2-6,11H2,1H3. The van der Waals surface area contributed by atoms with Gasteiger partial charge in [-0.15, -0.1) is 0 Å². The van der Waals surface area contributed by atoms with Crippen molar-refractivity contribution in [2.24, 2.45) is 5.73 Å². The fourth-order valence-corrected chi connectivity index (χ4v) is 1.33. The van der Waals surface area contributed by atoms with Gasteiger partial charge in [-0.05, 0) is 19.4 Å². The Balaban J connectivity index is 2.52. The highest BCUT2D eigenvalue weighted by Crippen LogP contribution is 2.06. The Kier molecular flexibility index (Phi) is 4.52. The maximum atomic E-state index is 13.2. The second-order valence-electron chi connectivity index (χ2n) is 3.28. The van der Waals surface area contributed by atoms with Crippen LogP contribution in [0.2, 0.25) is 0 Å². The van der Waals surface area contributed by atoms with Crippen LogP contribution >= 0.6 is 0 Å². The van der Waals surface area contributed by atoms with E-state index >= 15 is 0 Å². The number of hydrogen-bond acceptors (Lipinski definition) is 3. The molecule has 0 saturated heterocycles. The van der Waals surface area contributed by atoms with Crippen LogP contribution in [0.5, 0.6) is 0 Å². The first-order valence-electron chi connectivity index (χ1n) is 4.98. The van der Waals surface area contributed by atoms with Gasteiger partial charge < -0.3 is 5.73 Å². The van der Waals surface area contributed by atoms with E-state index in [1.807, 2.05) is 0 Å². The molecule has 5 heteroatoms. The van der Waals surface area contributed by atoms with Crippen molar-refractivity contribution in [3.05, 3.63) is 12.2 Å². The first-order chi connectivity index (χ1) is 6.77. The summed E-state index contributed by atoms with van der Waals surface area (Å²) in [5.41, 5.74) is 5.27. The summed E-state index contributed by atoms with van der Waals surface area (Å²) >= 11 is 0. The highest BCUT2D eigenvalue weighted by molar-refractivity contribution is 4.87. The second-order valence-corrected chi connectivity index (χ2v) is 3.28. The molecule has 1 atom stereocenters. The van der Waals surface area contributed by atoms with Crippen molar-refractivity contribution in [1.82, 2.24) is 14.8 Å². The van der Waals surface area contributed by atoms with Crippen LogP contribution in [-0.2, 0) is 13.0 Å². The third-order valence-corrected chi connectivity index (χ3v) is 2.02. The van der Waals surface area contributed by atoms with E-state index in [-0.39, 0.29) is 0 Å². The zero-order chi connectivity index (χ0) is 10.4. The summed E-state index contributed by atoms with van der Waals surface area (Å²) in [6.45, 7) is 3.23. The van der Waals surface area contributed by atoms with Crippen LogP contribution in [0, 0.1) is 0 Å². The average molecular weight is 200 g/mol. The van der Waals surface area contributed by atoms with E-state index in [9.17, 15) is 4.39 Å². The summed E-state index contributed by atoms with van der Waals surface area (Å²) in [5.74, 6) is 0.716. The Morgan fingerprint density at radius 3 is 3.07 bits per heavy atom. The lowest BCUT2D eigenvalue weighted by Crippen LogP contribution is -2.15. The Morgan fingerprint density at radius 1 is 1.64 bits per heavy atom. The maximum absolute atomic E-state index is 13.2. The van der Waals surface area contributed by atoms with Crippen LogP contribution in [0.25, 0.3) is 0 Å². The molecule has 80 valence electrons. The molecule has 1 aromatic rings. The highest BCUT2D eigenvalue weighted by Gasteiger charge is 2.11. The quantitative estimate of drug-likeness (QED) is 0.742. The summed E-state index contributed by atoms with van der Waals surface area (Å²) in [7, 11) is 0. The Labute approximate surface area is 83.3 Å². The minimum Gasteiger partial charge on any atom is -0.330 e. The maximum Gasteiger partial charge on any atom is 0.138 e. The molecule has 0 aromatic carbocycles. The minimum atomic E-state index is -0.903. The van der Waals surface area contributed by atoms with Crippen molar-refractivity contribution in [2.75, 3.05) is 6.54 Å². The number of rotatable bonds is 6. The summed E-state index contributed by atoms with van der Waals surface area (Å²) in [5, 5.41) is 4.03. The molecule has 1 aromatic heterocycles. The van der Waals surface area contributed by atoms with Crippen molar-refractivity contribution < 1.29 is 4.39 Å². The van der Waals surface area contributed by atoms with Crippen molar-refractivity contribution in [3.63, 3.8) is 0 Å². The predicted octanol–water partition coefficient (Wildman–Crippen LogP) is 0.917. The van der Waals surface area contributed by atoms with Gasteiger partial charge in [0.1, 0.15) is 18.3 Å². The molecule has 0 aliphatic heterocycles. The smallest absolute Gasteiger partial charge is 0.138 e. The molecular formula is C9H17FN4. The lowest BCUT2D eigenvalue weighted by Gasteiger charge is -2.07. The summed E-state index contributed by atoms with van der Waals surface area (Å²) < 4.78 is 15.0. The molecule has 0 fully saturated rings. The van der Waals surface area contributed by atoms with Gasteiger partial charge in [0.05, 0.1) is 0 Å². The van der Waals surface area contributed by atoms with Crippen LogP contribution in [0.1, 0.15) is 25.6 Å². The van der Waals surface area contributed by atoms with Crippen molar-refractivity contribution in [2.45, 2.75) is 38.9 Å². The first-order valence-corrected chi connectivity index (χ1v) is 4.98. The van der Waals surface area contributed by atoms with Gasteiger partial charge in [0, 0.05) is 13.0 Å². The van der Waals surface area contributed by atoms with Gasteiger partial charge in [-0.1, -0.05) is 6.92 Å². The number of nitrogens with two attached hydrogens (primary N) is 1. The molecule has 0 saturated carbocycles. The molecular weight excluding hydrogens is 183 g/mol. The van der Waals surface area contributed by atoms with Gasteiger partial charge in [-0.25, -0.2) is 9.37 Å². The SMILES string of the molecule is CCCn1ncnc1CC(F)CCN. The van der Waals surface area contributed by atoms with Crippen LogP contribution in [0.4, 0.5) is 4.39 Å². The molecule has 0 aliphatic rings. The van der Waals surface area contributed by atoms with E-state index < -0.39 is 6.17 Å². The van der Waals surface area contributed by atoms with Crippen LogP contribution in [0.3, 0.4) is 0 Å². The Bertz CT molecular complexity index is 261. The molecule has 0 radical (unpaired) electrons. The van der Waals surface area contributed by atoms with Gasteiger partial charge in [0.15, 0.2) is 0 Å². The van der Waals surface area contributed by atoms with Crippen molar-refractivity contribution in [3.8, 4) is 0 Å². The van der Waals surface area contributed by atoms with Gasteiger partial charge in [0.2, 0.25) is 0 Å². The molecule has 0 bridgehead atoms. The lowest BCUT2D eigenvalue weighted by molar-refractivity contribution is 0.307. The predicted molar refractivity (Wildman–Crippen MR) is 52.6 cm³/mol. The lowest BCUT2D eigenvalue weighted by atomic mass is 10.2. The second kappa shape index (κ2) is 5.70. The number of aryl methyl sites for hydroxylation is 1. The van der Waals surface area contributed by atoms with E-state index in [1.165, 1.54) is 6.33 Å². The third-order valence-electron chi connectivity index (χ3n) is 2.02. The largest absolute Gasteiger partial charge is 0.330 e. The fourth-order valence-electron chi connectivity index (χ4n) is 1.33. The number of halogens is 1. The summed E-state index contributed by atoms with van der Waals surface area (Å²) in [4.78, 5) is 4.03. The van der Waals surface area contributed by atoms with E-state index in [4.69, 9.17) is 5.73 Å². The molecule has 0 aliphatic carbocycles. The average Bonchev–Trinajstić information content (AvgIpc) is 2.54. The molecule has 0 spiro atoms. The van der Waals surface area contributed by atoms with Gasteiger partial charge in [-0.3, -0.25) is 4.68 Å². The minimum absolute atomic E-state index is 0.317. The number of aromatic nitrogens is 3. The van der Waals surface area contributed by atoms with Crippen molar-refractivity contribution >= 4 is 0 Å². The van der Waals surface area contributed by atoms with Crippen molar-refractivity contribution in [1.29, 1.82) is 0 Å². The summed E-state index contributed by atoms with van der Waals surface area (Å²) in [6, 6.07) is 0. The topological polar surface area (TPSA) is 56.7 Å². The summed E-state index contributed by atoms with van der Waals surface area (Å²) in [6.07, 6.45) is 2.25. The van der Waals surface area contributed by atoms with E-state index in [0.29, 0.717) is 25.2 Å². The molecule has 0 amide bonds. The van der Waals surface area contributed by atoms with Crippen LogP contribution in [-0.4, -0.2) is 27.5 Å². The number of nitrogens with zero attached hydrogens (tertiary/aromatic N) is 3. The third kappa shape index (κ3) is 3.06. The zero-order valence-corrected chi connectivity index (χ0v) is 8.49. The van der Waals surface area contributed by atoms with E-state index in [0.717, 1.165) is 13.0 Å². The molecule has 2 N–H and O–H groups in total. The molecule has 1 rings (SSSR count). The van der Waals surface area contributed by atoms with Crippen LogP contribution in [0.15, 0.2) is 6.33 Å². The fraction of sp³-hybridized carbons (Fsp3) is 0.778. The van der Waals surface area contributed by atoms with E-state index in [2.05, 4.69) is 17.0 Å². The zero-order valence-electron chi connectivity index (χ0n) is 8.49. The molecule has 4 nitrogen and oxygen atoms in total. The first kappa shape index (κ1) is 11.1. The molecule has 1 heterocycles. The molecule has 14 heavy (non-hydrogen) atoms. The monoisotopic (exact) mass is 200 g/mol. The number of alkyl halides is 1. The van der Waals surface area contributed by atoms with Crippen LogP contribution < -0.4 is 5.73 Å². The van der Waals surface area contributed by atoms with Gasteiger partial charge in [-0.2, -0.15) is 5.10 Å². The Morgan fingerprint density at radius 2 is 2.43 bits per heavy atom. The van der Waals surface area contributed by atoms with E-state index in [1.54, 1.807) is 4.68 Å². The number of hydrogen-bond donors (Lipinski definition) is 1. The Hall–Kier alpha value is -0.970. The van der Waals surface area contributed by atoms with Gasteiger partial charge in [0.25, 0.3) is 0 Å². The normalized spacial score (nSPS) is 13.1. The highest BCUT2D eigenvalue weighted by atomic mass is 19.1. The van der Waals surface area contributed by atoms with Gasteiger partial charge >= 0.3 is 0 Å². The molecule has 1 unspecified atom stereocenters.